The number of hydrogen-bond donors (Lipinski definition) is 0. The first kappa shape index (κ1) is 56.7. The lowest BCUT2D eigenvalue weighted by Crippen LogP contribution is -2.67. The molecule has 0 N–H and O–H groups in total. The smallest absolute Gasteiger partial charge is 0.338 e. The maximum Gasteiger partial charge on any atom is 0.338 e. The van der Waals surface area contributed by atoms with Gasteiger partial charge in [0.05, 0.1) is 28.7 Å². The molecular weight excluding hydrogens is 1010 g/mol. The molecule has 15 atom stereocenters. The van der Waals surface area contributed by atoms with Gasteiger partial charge in [0.25, 0.3) is 0 Å². The quantitative estimate of drug-likeness (QED) is 0.0665. The molecular formula is C67H78O13. The van der Waals surface area contributed by atoms with Crippen molar-refractivity contribution in [3.63, 3.8) is 0 Å². The van der Waals surface area contributed by atoms with Crippen molar-refractivity contribution in [2.75, 3.05) is 6.61 Å². The van der Waals surface area contributed by atoms with E-state index in [0.29, 0.717) is 11.8 Å². The Morgan fingerprint density at radius 1 is 0.525 bits per heavy atom. The van der Waals surface area contributed by atoms with E-state index in [9.17, 15) is 24.0 Å². The van der Waals surface area contributed by atoms with Crippen molar-refractivity contribution in [2.45, 2.75) is 156 Å². The van der Waals surface area contributed by atoms with Gasteiger partial charge in [-0.3, -0.25) is 9.59 Å². The van der Waals surface area contributed by atoms with Gasteiger partial charge in [0, 0.05) is 12.3 Å². The summed E-state index contributed by atoms with van der Waals surface area (Å²) in [5, 5.41) is 0. The lowest BCUT2D eigenvalue weighted by molar-refractivity contribution is -0.291. The van der Waals surface area contributed by atoms with Crippen LogP contribution in [-0.4, -0.2) is 79.2 Å². The maximum atomic E-state index is 15.4. The minimum Gasteiger partial charge on any atom is -0.462 e. The minimum absolute atomic E-state index is 0.0118. The molecule has 0 spiro atoms. The van der Waals surface area contributed by atoms with Gasteiger partial charge in [-0.15, -0.1) is 0 Å². The van der Waals surface area contributed by atoms with Crippen LogP contribution in [-0.2, 0) is 42.7 Å². The summed E-state index contributed by atoms with van der Waals surface area (Å²) in [6, 6.07) is 32.9. The van der Waals surface area contributed by atoms with Crippen LogP contribution in [0.5, 0.6) is 0 Å². The summed E-state index contributed by atoms with van der Waals surface area (Å²) >= 11 is 0. The van der Waals surface area contributed by atoms with Crippen molar-refractivity contribution < 1.29 is 61.9 Å². The van der Waals surface area contributed by atoms with Crippen LogP contribution in [0.1, 0.15) is 161 Å². The number of rotatable bonds is 14. The molecule has 0 aromatic heterocycles. The van der Waals surface area contributed by atoms with Gasteiger partial charge in [-0.2, -0.15) is 0 Å². The zero-order valence-electron chi connectivity index (χ0n) is 47.4. The van der Waals surface area contributed by atoms with Crippen LogP contribution >= 0.6 is 0 Å². The molecule has 13 nitrogen and oxygen atoms in total. The van der Waals surface area contributed by atoms with E-state index in [2.05, 4.69) is 48.1 Å². The number of esters is 6. The number of benzene rings is 4. The Labute approximate surface area is 470 Å². The van der Waals surface area contributed by atoms with Crippen molar-refractivity contribution in [3.8, 4) is 0 Å². The summed E-state index contributed by atoms with van der Waals surface area (Å²) in [4.78, 5) is 84.1. The molecule has 6 fully saturated rings. The van der Waals surface area contributed by atoms with E-state index < -0.39 is 72.6 Å². The molecule has 0 radical (unpaired) electrons. The summed E-state index contributed by atoms with van der Waals surface area (Å²) in [5.41, 5.74) is 1.19. The van der Waals surface area contributed by atoms with Gasteiger partial charge in [0.15, 0.2) is 12.2 Å². The molecule has 10 rings (SSSR count). The Morgan fingerprint density at radius 2 is 1.05 bits per heavy atom. The molecule has 1 aliphatic heterocycles. The molecule has 1 heterocycles. The lowest BCUT2D eigenvalue weighted by atomic mass is 9.32. The molecule has 13 heteroatoms. The zero-order valence-corrected chi connectivity index (χ0v) is 47.4. The Hall–Kier alpha value is -6.60. The molecule has 6 aliphatic rings. The fourth-order valence-electron chi connectivity index (χ4n) is 17.1. The highest BCUT2D eigenvalue weighted by Gasteiger charge is 2.71. The largest absolute Gasteiger partial charge is 0.462 e. The third-order valence-corrected chi connectivity index (χ3v) is 21.0. The summed E-state index contributed by atoms with van der Waals surface area (Å²) in [7, 11) is 0. The molecule has 5 aliphatic carbocycles. The maximum absolute atomic E-state index is 15.4. The molecule has 4 aromatic rings. The third kappa shape index (κ3) is 10.4. The van der Waals surface area contributed by atoms with Crippen LogP contribution in [0, 0.1) is 56.7 Å². The molecule has 80 heavy (non-hydrogen) atoms. The van der Waals surface area contributed by atoms with Crippen LogP contribution in [0.25, 0.3) is 0 Å². The highest BCUT2D eigenvalue weighted by molar-refractivity contribution is 5.91. The van der Waals surface area contributed by atoms with E-state index in [1.165, 1.54) is 6.92 Å². The van der Waals surface area contributed by atoms with E-state index in [0.717, 1.165) is 69.8 Å². The molecule has 424 valence electrons. The first-order chi connectivity index (χ1) is 38.2. The van der Waals surface area contributed by atoms with Gasteiger partial charge in [-0.25, -0.2) is 19.2 Å². The number of ether oxygens (including phenoxy) is 7. The topological polar surface area (TPSA) is 167 Å². The fraction of sp³-hybridized carbons (Fsp3) is 0.522. The molecule has 0 amide bonds. The SMILES string of the molecule is C=C(C)[C@@H]1CC[C@]2(CC(=O)O[C@H]3O[C@H](COC(=O)c4ccccc4)[C@@H](OC(=O)c4ccccc4)[C@H](OC(=O)c4ccccc4)[C@@H]3OC(=O)c3ccccc3)CC[C@]3(C)[C@H](CC[C@@H]4[C@@]5(C)CC[C@H](OC(C)=O)C(C)(C)[C@@H]5CC[C@]43C)[C@@H]12. The normalized spacial score (nSPS) is 34.8. The molecule has 1 saturated heterocycles. The number of allylic oxidation sites excluding steroid dienone is 1. The molecule has 0 unspecified atom stereocenters. The fourth-order valence-corrected chi connectivity index (χ4v) is 17.1. The second-order valence-corrected chi connectivity index (χ2v) is 25.4. The van der Waals surface area contributed by atoms with Gasteiger partial charge >= 0.3 is 35.8 Å². The van der Waals surface area contributed by atoms with Crippen molar-refractivity contribution >= 4 is 35.8 Å². The highest BCUT2D eigenvalue weighted by atomic mass is 16.7. The van der Waals surface area contributed by atoms with E-state index in [-0.39, 0.29) is 80.2 Å². The zero-order chi connectivity index (χ0) is 56.8. The van der Waals surface area contributed by atoms with Gasteiger partial charge in [-0.05, 0) is 171 Å². The van der Waals surface area contributed by atoms with Crippen LogP contribution in [0.15, 0.2) is 133 Å². The number of carbonyl (C=O) groups is 6. The van der Waals surface area contributed by atoms with Crippen molar-refractivity contribution in [1.29, 1.82) is 0 Å². The Kier molecular flexibility index (Phi) is 15.9. The molecule has 5 saturated carbocycles. The molecule has 0 bridgehead atoms. The summed E-state index contributed by atoms with van der Waals surface area (Å²) in [6.07, 6.45) is 1.24. The average molecular weight is 1090 g/mol. The van der Waals surface area contributed by atoms with Crippen LogP contribution in [0.4, 0.5) is 0 Å². The minimum atomic E-state index is -1.75. The second kappa shape index (κ2) is 22.4. The van der Waals surface area contributed by atoms with E-state index in [1.54, 1.807) is 121 Å². The van der Waals surface area contributed by atoms with Gasteiger partial charge < -0.3 is 33.2 Å². The second-order valence-electron chi connectivity index (χ2n) is 25.4. The Morgan fingerprint density at radius 3 is 1.59 bits per heavy atom. The van der Waals surface area contributed by atoms with E-state index >= 15 is 4.79 Å². The third-order valence-electron chi connectivity index (χ3n) is 21.0. The van der Waals surface area contributed by atoms with Gasteiger partial charge in [0.1, 0.15) is 18.8 Å². The summed E-state index contributed by atoms with van der Waals surface area (Å²) in [5.74, 6) is -2.60. The van der Waals surface area contributed by atoms with Crippen LogP contribution < -0.4 is 0 Å². The lowest BCUT2D eigenvalue weighted by Gasteiger charge is -2.73. The van der Waals surface area contributed by atoms with Gasteiger partial charge in [0.2, 0.25) is 12.4 Å². The first-order valence-corrected chi connectivity index (χ1v) is 28.9. The Balaban J connectivity index is 0.986. The molecule has 4 aromatic carbocycles. The highest BCUT2D eigenvalue weighted by Crippen LogP contribution is 2.78. The average Bonchev–Trinajstić information content (AvgIpc) is 3.74. The predicted octanol–water partition coefficient (Wildman–Crippen LogP) is 12.8. The predicted molar refractivity (Wildman–Crippen MR) is 298 cm³/mol. The van der Waals surface area contributed by atoms with Crippen LogP contribution in [0.2, 0.25) is 0 Å². The first-order valence-electron chi connectivity index (χ1n) is 28.9. The van der Waals surface area contributed by atoms with Crippen molar-refractivity contribution in [3.05, 3.63) is 156 Å². The van der Waals surface area contributed by atoms with Crippen molar-refractivity contribution in [2.24, 2.45) is 56.7 Å². The van der Waals surface area contributed by atoms with Crippen LogP contribution in [0.3, 0.4) is 0 Å². The van der Waals surface area contributed by atoms with Gasteiger partial charge in [-0.1, -0.05) is 120 Å². The summed E-state index contributed by atoms with van der Waals surface area (Å²) < 4.78 is 44.0. The number of carbonyl (C=O) groups excluding carboxylic acids is 6. The standard InChI is InChI=1S/C67H78O13/c1-41(2)47-31-36-67(38-37-65(7)48(54(47)67)29-30-51-64(6)34-33-52(75-42(3)68)63(4,5)50(64)32-35-66(51,65)8)39-53(69)77-62-57(80-61(73)46-27-19-12-20-28-46)56(79-60(72)45-25-17-11-18-26-45)55(78-59(71)44-23-15-10-16-24-44)49(76-62)40-74-58(70)43-21-13-9-14-22-43/h9-28,47-52,54-57,62H,1,29-40H2,2-8H3/t47-,48+,49+,50-,51+,52-,54+,55+,56-,57-,62+,64-,65+,66+,67+/m0/s1. The number of hydrogen-bond acceptors (Lipinski definition) is 13. The number of fused-ring (bicyclic) bond motifs is 7. The van der Waals surface area contributed by atoms with Crippen molar-refractivity contribution in [1.82, 2.24) is 0 Å². The Bertz CT molecular complexity index is 2940. The van der Waals surface area contributed by atoms with E-state index in [4.69, 9.17) is 33.2 Å². The summed E-state index contributed by atoms with van der Waals surface area (Å²) in [6.45, 7) is 19.9. The monoisotopic (exact) mass is 1090 g/mol. The van der Waals surface area contributed by atoms with E-state index in [1.807, 2.05) is 0 Å².